The van der Waals surface area contributed by atoms with Crippen LogP contribution in [0.5, 0.6) is 0 Å². The lowest BCUT2D eigenvalue weighted by Gasteiger charge is -2.14. The molecule has 0 aliphatic carbocycles. The summed E-state index contributed by atoms with van der Waals surface area (Å²) in [6, 6.07) is 0. The Kier molecular flexibility index (Phi) is 10.1. The maximum atomic E-state index is 10.5. The predicted octanol–water partition coefficient (Wildman–Crippen LogP) is 5.12. The van der Waals surface area contributed by atoms with E-state index in [1.807, 2.05) is 0 Å². The van der Waals surface area contributed by atoms with Gasteiger partial charge >= 0.3 is 5.97 Å². The van der Waals surface area contributed by atoms with Crippen molar-refractivity contribution in [3.05, 3.63) is 0 Å². The third-order valence-electron chi connectivity index (χ3n) is 3.72. The molecule has 2 heteroatoms. The summed E-state index contributed by atoms with van der Waals surface area (Å²) in [6.07, 6.45) is 8.94. The fourth-order valence-corrected chi connectivity index (χ4v) is 2.35. The monoisotopic (exact) mass is 256 g/mol. The molecule has 108 valence electrons. The molecule has 0 saturated heterocycles. The first-order valence-electron chi connectivity index (χ1n) is 7.63. The van der Waals surface area contributed by atoms with Gasteiger partial charge in [0, 0.05) is 6.42 Å². The van der Waals surface area contributed by atoms with E-state index < -0.39 is 5.97 Å². The van der Waals surface area contributed by atoms with Gasteiger partial charge < -0.3 is 5.11 Å². The number of aliphatic carboxylic acids is 1. The molecule has 0 saturated carbocycles. The van der Waals surface area contributed by atoms with E-state index in [0.29, 0.717) is 12.3 Å². The lowest BCUT2D eigenvalue weighted by molar-refractivity contribution is -0.137. The minimum absolute atomic E-state index is 0.325. The van der Waals surface area contributed by atoms with Gasteiger partial charge in [-0.2, -0.15) is 0 Å². The summed E-state index contributed by atoms with van der Waals surface area (Å²) >= 11 is 0. The normalized spacial score (nSPS) is 14.7. The Morgan fingerprint density at radius 1 is 0.833 bits per heavy atom. The van der Waals surface area contributed by atoms with E-state index in [4.69, 9.17) is 5.11 Å². The average Bonchev–Trinajstić information content (AvgIpc) is 2.25. The maximum Gasteiger partial charge on any atom is 0.303 e. The van der Waals surface area contributed by atoms with Crippen molar-refractivity contribution in [1.82, 2.24) is 0 Å². The van der Waals surface area contributed by atoms with Gasteiger partial charge in [-0.1, -0.05) is 66.2 Å². The van der Waals surface area contributed by atoms with Crippen molar-refractivity contribution >= 4 is 5.97 Å². The first-order valence-corrected chi connectivity index (χ1v) is 7.63. The average molecular weight is 256 g/mol. The zero-order chi connectivity index (χ0) is 14.0. The number of carboxylic acid groups (broad SMARTS) is 1. The predicted molar refractivity (Wildman–Crippen MR) is 77.7 cm³/mol. The van der Waals surface area contributed by atoms with Crippen LogP contribution in [-0.2, 0) is 4.79 Å². The van der Waals surface area contributed by atoms with Crippen molar-refractivity contribution in [2.75, 3.05) is 0 Å². The standard InChI is InChI=1S/C16H32O2/c1-13(2)7-5-8-14(3)9-6-10-15(4)11-12-16(17)18/h13-15H,5-12H2,1-4H3,(H,17,18)/t14-,15+/m0/s1. The highest BCUT2D eigenvalue weighted by Gasteiger charge is 2.07. The highest BCUT2D eigenvalue weighted by molar-refractivity contribution is 5.66. The molecule has 0 rings (SSSR count). The first-order chi connectivity index (χ1) is 8.41. The lowest BCUT2D eigenvalue weighted by atomic mass is 9.92. The van der Waals surface area contributed by atoms with Crippen molar-refractivity contribution < 1.29 is 9.90 Å². The molecule has 0 spiro atoms. The second-order valence-corrected chi connectivity index (χ2v) is 6.40. The van der Waals surface area contributed by atoms with Crippen LogP contribution in [0.4, 0.5) is 0 Å². The first kappa shape index (κ1) is 17.5. The minimum atomic E-state index is -0.663. The Morgan fingerprint density at radius 2 is 1.28 bits per heavy atom. The van der Waals surface area contributed by atoms with E-state index in [2.05, 4.69) is 27.7 Å². The topological polar surface area (TPSA) is 37.3 Å². The summed E-state index contributed by atoms with van der Waals surface area (Å²) in [7, 11) is 0. The van der Waals surface area contributed by atoms with Crippen LogP contribution in [0.3, 0.4) is 0 Å². The summed E-state index contributed by atoms with van der Waals surface area (Å²) in [5.74, 6) is 1.55. The third kappa shape index (κ3) is 11.9. The number of carbonyl (C=O) groups is 1. The Hall–Kier alpha value is -0.530. The van der Waals surface area contributed by atoms with Crippen LogP contribution < -0.4 is 0 Å². The molecule has 0 unspecified atom stereocenters. The van der Waals surface area contributed by atoms with Crippen LogP contribution in [0.2, 0.25) is 0 Å². The Labute approximate surface area is 113 Å². The molecule has 0 aliphatic heterocycles. The summed E-state index contributed by atoms with van der Waals surface area (Å²) < 4.78 is 0. The van der Waals surface area contributed by atoms with Crippen molar-refractivity contribution in [3.8, 4) is 0 Å². The Morgan fingerprint density at radius 3 is 1.72 bits per heavy atom. The van der Waals surface area contributed by atoms with Crippen LogP contribution in [-0.4, -0.2) is 11.1 Å². The van der Waals surface area contributed by atoms with Crippen molar-refractivity contribution in [2.45, 2.75) is 79.1 Å². The van der Waals surface area contributed by atoms with Gasteiger partial charge in [-0.3, -0.25) is 4.79 Å². The number of hydrogen-bond donors (Lipinski definition) is 1. The number of hydrogen-bond acceptors (Lipinski definition) is 1. The minimum Gasteiger partial charge on any atom is -0.481 e. The number of rotatable bonds is 11. The van der Waals surface area contributed by atoms with Crippen LogP contribution in [0.15, 0.2) is 0 Å². The number of carboxylic acids is 1. The van der Waals surface area contributed by atoms with E-state index in [-0.39, 0.29) is 0 Å². The molecule has 0 fully saturated rings. The van der Waals surface area contributed by atoms with Crippen LogP contribution in [0, 0.1) is 17.8 Å². The van der Waals surface area contributed by atoms with Gasteiger partial charge in [0.05, 0.1) is 0 Å². The van der Waals surface area contributed by atoms with E-state index >= 15 is 0 Å². The van der Waals surface area contributed by atoms with Crippen molar-refractivity contribution in [1.29, 1.82) is 0 Å². The molecule has 0 bridgehead atoms. The van der Waals surface area contributed by atoms with Crippen molar-refractivity contribution in [2.24, 2.45) is 17.8 Å². The maximum absolute atomic E-state index is 10.5. The van der Waals surface area contributed by atoms with E-state index in [1.165, 1.54) is 38.5 Å². The fourth-order valence-electron chi connectivity index (χ4n) is 2.35. The Balaban J connectivity index is 3.43. The summed E-state index contributed by atoms with van der Waals surface area (Å²) in [6.45, 7) is 9.10. The largest absolute Gasteiger partial charge is 0.481 e. The zero-order valence-electron chi connectivity index (χ0n) is 12.7. The molecule has 0 radical (unpaired) electrons. The smallest absolute Gasteiger partial charge is 0.303 e. The molecule has 2 atom stereocenters. The summed E-state index contributed by atoms with van der Waals surface area (Å²) in [5.41, 5.74) is 0. The molecule has 0 aromatic heterocycles. The molecular weight excluding hydrogens is 224 g/mol. The molecule has 0 aromatic rings. The summed E-state index contributed by atoms with van der Waals surface area (Å²) in [5, 5.41) is 8.62. The molecule has 0 aliphatic rings. The quantitative estimate of drug-likeness (QED) is 0.557. The second kappa shape index (κ2) is 10.4. The van der Waals surface area contributed by atoms with Gasteiger partial charge in [-0.15, -0.1) is 0 Å². The molecule has 0 amide bonds. The molecule has 18 heavy (non-hydrogen) atoms. The van der Waals surface area contributed by atoms with Crippen LogP contribution >= 0.6 is 0 Å². The SMILES string of the molecule is CC(C)CCC[C@H](C)CCC[C@@H](C)CCC(=O)O. The van der Waals surface area contributed by atoms with E-state index in [0.717, 1.165) is 18.3 Å². The highest BCUT2D eigenvalue weighted by atomic mass is 16.4. The van der Waals surface area contributed by atoms with Gasteiger partial charge in [0.25, 0.3) is 0 Å². The molecule has 0 heterocycles. The van der Waals surface area contributed by atoms with Crippen molar-refractivity contribution in [3.63, 3.8) is 0 Å². The second-order valence-electron chi connectivity index (χ2n) is 6.40. The van der Waals surface area contributed by atoms with Gasteiger partial charge in [-0.05, 0) is 24.2 Å². The van der Waals surface area contributed by atoms with Crippen LogP contribution in [0.1, 0.15) is 79.1 Å². The van der Waals surface area contributed by atoms with E-state index in [9.17, 15) is 4.79 Å². The van der Waals surface area contributed by atoms with Crippen LogP contribution in [0.25, 0.3) is 0 Å². The highest BCUT2D eigenvalue weighted by Crippen LogP contribution is 2.20. The lowest BCUT2D eigenvalue weighted by Crippen LogP contribution is -2.02. The molecular formula is C16H32O2. The van der Waals surface area contributed by atoms with Gasteiger partial charge in [0.15, 0.2) is 0 Å². The van der Waals surface area contributed by atoms with E-state index in [1.54, 1.807) is 0 Å². The van der Waals surface area contributed by atoms with Gasteiger partial charge in [0.1, 0.15) is 0 Å². The van der Waals surface area contributed by atoms with Gasteiger partial charge in [0.2, 0.25) is 0 Å². The summed E-state index contributed by atoms with van der Waals surface area (Å²) in [4.78, 5) is 10.5. The van der Waals surface area contributed by atoms with Gasteiger partial charge in [-0.25, -0.2) is 0 Å². The fraction of sp³-hybridized carbons (Fsp3) is 0.938. The molecule has 0 aromatic carbocycles. The zero-order valence-corrected chi connectivity index (χ0v) is 12.7. The Bertz CT molecular complexity index is 211. The molecule has 1 N–H and O–H groups in total. The third-order valence-corrected chi connectivity index (χ3v) is 3.72. The molecule has 2 nitrogen and oxygen atoms in total.